The van der Waals surface area contributed by atoms with Crippen LogP contribution in [0.25, 0.3) is 0 Å². The lowest BCUT2D eigenvalue weighted by atomic mass is 9.79. The molecule has 0 aliphatic heterocycles. The van der Waals surface area contributed by atoms with Gasteiger partial charge >= 0.3 is 5.97 Å². The quantitative estimate of drug-likeness (QED) is 0.826. The van der Waals surface area contributed by atoms with Crippen LogP contribution in [0.15, 0.2) is 34.9 Å². The smallest absolute Gasteiger partial charge is 0.326 e. The number of amides is 1. The van der Waals surface area contributed by atoms with Crippen LogP contribution in [-0.4, -0.2) is 28.2 Å². The molecule has 6 heteroatoms. The highest BCUT2D eigenvalue weighted by Crippen LogP contribution is 2.34. The van der Waals surface area contributed by atoms with Gasteiger partial charge < -0.3 is 14.9 Å². The van der Waals surface area contributed by atoms with Crippen LogP contribution < -0.4 is 5.32 Å². The fourth-order valence-electron chi connectivity index (χ4n) is 3.51. The van der Waals surface area contributed by atoms with E-state index in [1.807, 2.05) is 26.0 Å². The van der Waals surface area contributed by atoms with Gasteiger partial charge in [-0.05, 0) is 42.7 Å². The molecule has 26 heavy (non-hydrogen) atoms. The molecule has 1 aliphatic carbocycles. The summed E-state index contributed by atoms with van der Waals surface area (Å²) in [4.78, 5) is 24.1. The highest BCUT2D eigenvalue weighted by Gasteiger charge is 2.29. The number of nitrogens with one attached hydrogen (secondary N) is 1. The van der Waals surface area contributed by atoms with E-state index >= 15 is 0 Å². The lowest BCUT2D eigenvalue weighted by Gasteiger charge is -2.27. The Hall–Kier alpha value is -2.63. The third-order valence-corrected chi connectivity index (χ3v) is 4.95. The molecule has 1 amide bonds. The van der Waals surface area contributed by atoms with Gasteiger partial charge in [0.05, 0.1) is 0 Å². The molecule has 0 fully saturated rings. The van der Waals surface area contributed by atoms with Gasteiger partial charge in [0.25, 0.3) is 5.91 Å². The molecule has 0 radical (unpaired) electrons. The van der Waals surface area contributed by atoms with E-state index in [9.17, 15) is 14.7 Å². The summed E-state index contributed by atoms with van der Waals surface area (Å²) in [6.07, 6.45) is 3.35. The van der Waals surface area contributed by atoms with Crippen LogP contribution in [0.4, 0.5) is 0 Å². The van der Waals surface area contributed by atoms with E-state index < -0.39 is 17.9 Å². The molecule has 1 heterocycles. The number of aromatic nitrogens is 1. The number of rotatable bonds is 6. The second kappa shape index (κ2) is 7.72. The molecular formula is C20H24N2O4. The maximum atomic E-state index is 12.4. The van der Waals surface area contributed by atoms with Crippen molar-refractivity contribution in [2.75, 3.05) is 0 Å². The topological polar surface area (TPSA) is 92.4 Å². The summed E-state index contributed by atoms with van der Waals surface area (Å²) < 4.78 is 5.13. The molecule has 2 atom stereocenters. The predicted octanol–water partition coefficient (Wildman–Crippen LogP) is 3.49. The van der Waals surface area contributed by atoms with Crippen LogP contribution in [0.1, 0.15) is 72.3 Å². The Morgan fingerprint density at radius 1 is 1.35 bits per heavy atom. The number of carbonyl (C=O) groups is 2. The zero-order valence-corrected chi connectivity index (χ0v) is 15.1. The van der Waals surface area contributed by atoms with Gasteiger partial charge in [0.15, 0.2) is 5.69 Å². The second-order valence-electron chi connectivity index (χ2n) is 7.16. The average molecular weight is 356 g/mol. The van der Waals surface area contributed by atoms with E-state index in [2.05, 4.69) is 22.6 Å². The molecule has 1 aromatic carbocycles. The largest absolute Gasteiger partial charge is 0.480 e. The van der Waals surface area contributed by atoms with E-state index in [1.54, 1.807) is 6.07 Å². The van der Waals surface area contributed by atoms with Crippen molar-refractivity contribution in [3.05, 3.63) is 52.9 Å². The van der Waals surface area contributed by atoms with Gasteiger partial charge in [-0.25, -0.2) is 4.79 Å². The Morgan fingerprint density at radius 3 is 2.81 bits per heavy atom. The summed E-state index contributed by atoms with van der Waals surface area (Å²) >= 11 is 0. The summed E-state index contributed by atoms with van der Waals surface area (Å²) in [6, 6.07) is 8.75. The number of fused-ring (bicyclic) bond motifs is 1. The summed E-state index contributed by atoms with van der Waals surface area (Å²) in [5, 5.41) is 15.9. The molecule has 138 valence electrons. The molecule has 3 rings (SSSR count). The second-order valence-corrected chi connectivity index (χ2v) is 7.16. The highest BCUT2D eigenvalue weighted by molar-refractivity contribution is 5.94. The predicted molar refractivity (Wildman–Crippen MR) is 96.2 cm³/mol. The van der Waals surface area contributed by atoms with E-state index in [-0.39, 0.29) is 17.5 Å². The van der Waals surface area contributed by atoms with Crippen molar-refractivity contribution in [3.8, 4) is 0 Å². The molecule has 1 aliphatic rings. The summed E-state index contributed by atoms with van der Waals surface area (Å²) in [5.41, 5.74) is 2.59. The first-order valence-corrected chi connectivity index (χ1v) is 9.03. The third-order valence-electron chi connectivity index (χ3n) is 4.95. The van der Waals surface area contributed by atoms with Crippen LogP contribution in [0, 0.1) is 0 Å². The van der Waals surface area contributed by atoms with Gasteiger partial charge in [-0.15, -0.1) is 0 Å². The molecule has 0 saturated carbocycles. The van der Waals surface area contributed by atoms with Gasteiger partial charge in [0, 0.05) is 12.0 Å². The maximum Gasteiger partial charge on any atom is 0.326 e. The van der Waals surface area contributed by atoms with Gasteiger partial charge in [0.1, 0.15) is 11.8 Å². The van der Waals surface area contributed by atoms with E-state index in [4.69, 9.17) is 4.52 Å². The van der Waals surface area contributed by atoms with Crippen molar-refractivity contribution in [3.63, 3.8) is 0 Å². The number of aryl methyl sites for hydroxylation is 1. The van der Waals surface area contributed by atoms with E-state index in [1.165, 1.54) is 11.1 Å². The molecule has 0 saturated heterocycles. The molecule has 6 nitrogen and oxygen atoms in total. The number of carboxylic acid groups (broad SMARTS) is 1. The highest BCUT2D eigenvalue weighted by atomic mass is 16.5. The Kier molecular flexibility index (Phi) is 5.40. The van der Waals surface area contributed by atoms with Crippen molar-refractivity contribution >= 4 is 11.9 Å². The molecule has 2 N–H and O–H groups in total. The van der Waals surface area contributed by atoms with Gasteiger partial charge in [-0.1, -0.05) is 43.3 Å². The van der Waals surface area contributed by atoms with Crippen LogP contribution in [0.2, 0.25) is 0 Å². The van der Waals surface area contributed by atoms with Crippen molar-refractivity contribution in [2.45, 2.75) is 57.4 Å². The van der Waals surface area contributed by atoms with Crippen molar-refractivity contribution in [1.29, 1.82) is 0 Å². The Balaban J connectivity index is 1.72. The number of hydrogen-bond acceptors (Lipinski definition) is 4. The third kappa shape index (κ3) is 3.95. The summed E-state index contributed by atoms with van der Waals surface area (Å²) in [5.74, 6) is -0.711. The molecule has 0 spiro atoms. The number of nitrogens with zero attached hydrogens (tertiary/aromatic N) is 1. The fourth-order valence-corrected chi connectivity index (χ4v) is 3.51. The average Bonchev–Trinajstić information content (AvgIpc) is 3.12. The zero-order valence-electron chi connectivity index (χ0n) is 15.1. The number of aliphatic carboxylic acids is 1. The van der Waals surface area contributed by atoms with Crippen LogP contribution in [0.3, 0.4) is 0 Å². The minimum Gasteiger partial charge on any atom is -0.480 e. The Bertz CT molecular complexity index is 797. The van der Waals surface area contributed by atoms with Crippen molar-refractivity contribution in [1.82, 2.24) is 10.5 Å². The van der Waals surface area contributed by atoms with Crippen LogP contribution >= 0.6 is 0 Å². The molecule has 2 aromatic rings. The molecule has 1 aromatic heterocycles. The number of hydrogen-bond donors (Lipinski definition) is 2. The van der Waals surface area contributed by atoms with Gasteiger partial charge in [-0.2, -0.15) is 0 Å². The van der Waals surface area contributed by atoms with Gasteiger partial charge in [-0.3, -0.25) is 4.79 Å². The molecule has 2 unspecified atom stereocenters. The first kappa shape index (κ1) is 18.2. The van der Waals surface area contributed by atoms with Crippen molar-refractivity contribution < 1.29 is 19.2 Å². The SMILES string of the molecule is CC(C)c1cc(C(=O)NC(CC2CCCc3ccccc32)C(=O)O)no1. The Morgan fingerprint density at radius 2 is 2.12 bits per heavy atom. The fraction of sp³-hybridized carbons (Fsp3) is 0.450. The number of carboxylic acids is 1. The van der Waals surface area contributed by atoms with Gasteiger partial charge in [0.2, 0.25) is 0 Å². The van der Waals surface area contributed by atoms with E-state index in [0.717, 1.165) is 19.3 Å². The lowest BCUT2D eigenvalue weighted by Crippen LogP contribution is -2.42. The first-order valence-electron chi connectivity index (χ1n) is 9.03. The molecular weight excluding hydrogens is 332 g/mol. The first-order chi connectivity index (χ1) is 12.5. The standard InChI is InChI=1S/C20H24N2O4/c1-12(2)18-11-16(22-26-18)19(23)21-17(20(24)25)10-14-8-5-7-13-6-3-4-9-15(13)14/h3-4,6,9,11-12,14,17H,5,7-8,10H2,1-2H3,(H,21,23)(H,24,25). The van der Waals surface area contributed by atoms with Crippen LogP contribution in [0.5, 0.6) is 0 Å². The Labute approximate surface area is 152 Å². The zero-order chi connectivity index (χ0) is 18.7. The minimum absolute atomic E-state index is 0.109. The van der Waals surface area contributed by atoms with E-state index in [0.29, 0.717) is 12.2 Å². The normalized spacial score (nSPS) is 17.6. The van der Waals surface area contributed by atoms with Crippen LogP contribution in [-0.2, 0) is 11.2 Å². The minimum atomic E-state index is -1.03. The number of carbonyl (C=O) groups excluding carboxylic acids is 1. The monoisotopic (exact) mass is 356 g/mol. The number of benzene rings is 1. The maximum absolute atomic E-state index is 12.4. The summed E-state index contributed by atoms with van der Waals surface area (Å²) in [6.45, 7) is 3.87. The summed E-state index contributed by atoms with van der Waals surface area (Å²) in [7, 11) is 0. The van der Waals surface area contributed by atoms with Crippen molar-refractivity contribution in [2.24, 2.45) is 0 Å². The lowest BCUT2D eigenvalue weighted by molar-refractivity contribution is -0.139. The molecule has 0 bridgehead atoms.